The molecule has 0 bridgehead atoms. The zero-order chi connectivity index (χ0) is 22.9. The van der Waals surface area contributed by atoms with E-state index in [1.54, 1.807) is 39.5 Å². The maximum absolute atomic E-state index is 12.9. The Morgan fingerprint density at radius 3 is 2.38 bits per heavy atom. The van der Waals surface area contributed by atoms with Crippen LogP contribution in [0.25, 0.3) is 0 Å². The fourth-order valence-electron chi connectivity index (χ4n) is 3.07. The van der Waals surface area contributed by atoms with Gasteiger partial charge in [-0.15, -0.1) is 10.2 Å². The lowest BCUT2D eigenvalue weighted by atomic mass is 10.1. The molecule has 3 rings (SSSR count). The van der Waals surface area contributed by atoms with Crippen LogP contribution in [0.5, 0.6) is 11.5 Å². The molecule has 2 aromatic rings. The third-order valence-electron chi connectivity index (χ3n) is 4.79. The molecule has 1 fully saturated rings. The van der Waals surface area contributed by atoms with Gasteiger partial charge in [-0.05, 0) is 12.1 Å². The predicted octanol–water partition coefficient (Wildman–Crippen LogP) is 1.37. The van der Waals surface area contributed by atoms with Crippen molar-refractivity contribution in [3.8, 4) is 11.5 Å². The van der Waals surface area contributed by atoms with Crippen LogP contribution in [0.15, 0.2) is 22.5 Å². The molecule has 0 spiro atoms. The van der Waals surface area contributed by atoms with E-state index in [1.807, 2.05) is 4.90 Å². The molecule has 0 atom stereocenters. The second kappa shape index (κ2) is 11.9. The third kappa shape index (κ3) is 6.47. The normalized spacial score (nSPS) is 13.7. The summed E-state index contributed by atoms with van der Waals surface area (Å²) in [5, 5.41) is 12.0. The van der Waals surface area contributed by atoms with Crippen LogP contribution in [0.3, 0.4) is 0 Å². The number of amides is 2. The van der Waals surface area contributed by atoms with E-state index < -0.39 is 0 Å². The number of carbonyl (C=O) groups is 2. The molecule has 2 amide bonds. The third-order valence-corrected chi connectivity index (χ3v) is 6.90. The van der Waals surface area contributed by atoms with Gasteiger partial charge in [0.1, 0.15) is 11.5 Å². The van der Waals surface area contributed by atoms with Gasteiger partial charge in [-0.2, -0.15) is 0 Å². The van der Waals surface area contributed by atoms with Crippen LogP contribution in [0.2, 0.25) is 0 Å². The van der Waals surface area contributed by atoms with Crippen LogP contribution in [0.4, 0.5) is 5.13 Å². The van der Waals surface area contributed by atoms with Crippen molar-refractivity contribution >= 4 is 40.0 Å². The van der Waals surface area contributed by atoms with Gasteiger partial charge in [0.25, 0.3) is 5.91 Å². The molecule has 0 aliphatic carbocycles. The molecule has 1 aliphatic rings. The molecule has 0 unspecified atom stereocenters. The van der Waals surface area contributed by atoms with Gasteiger partial charge in [-0.3, -0.25) is 9.59 Å². The van der Waals surface area contributed by atoms with E-state index in [1.165, 1.54) is 23.1 Å². The first-order valence-corrected chi connectivity index (χ1v) is 11.8. The Morgan fingerprint density at radius 1 is 1.06 bits per heavy atom. The van der Waals surface area contributed by atoms with Crippen molar-refractivity contribution in [3.63, 3.8) is 0 Å². The summed E-state index contributed by atoms with van der Waals surface area (Å²) < 4.78 is 16.2. The monoisotopic (exact) mass is 481 g/mol. The molecule has 0 saturated carbocycles. The smallest absolute Gasteiger partial charge is 0.254 e. The summed E-state index contributed by atoms with van der Waals surface area (Å²) in [6, 6.07) is 5.18. The Bertz CT molecular complexity index is 895. The van der Waals surface area contributed by atoms with Gasteiger partial charge in [0.15, 0.2) is 4.34 Å². The lowest BCUT2D eigenvalue weighted by molar-refractivity contribution is -0.118. The van der Waals surface area contributed by atoms with Gasteiger partial charge in [-0.1, -0.05) is 23.1 Å². The quantitative estimate of drug-likeness (QED) is 0.398. The van der Waals surface area contributed by atoms with Crippen LogP contribution in [-0.2, 0) is 9.53 Å². The SMILES string of the molecule is COCCNC(=O)CSc1nnc(N2CCN(C(=O)c3cc(OC)cc(OC)c3)CC2)s1. The number of ether oxygens (including phenoxy) is 3. The zero-order valence-corrected chi connectivity index (χ0v) is 20.0. The Balaban J connectivity index is 1.51. The molecule has 1 aliphatic heterocycles. The Kier molecular flexibility index (Phi) is 8.94. The van der Waals surface area contributed by atoms with E-state index in [4.69, 9.17) is 14.2 Å². The number of aromatic nitrogens is 2. The highest BCUT2D eigenvalue weighted by Crippen LogP contribution is 2.29. The highest BCUT2D eigenvalue weighted by atomic mass is 32.2. The summed E-state index contributed by atoms with van der Waals surface area (Å²) in [5.74, 6) is 1.32. The molecule has 1 N–H and O–H groups in total. The van der Waals surface area contributed by atoms with Crippen molar-refractivity contribution < 1.29 is 23.8 Å². The molecule has 0 radical (unpaired) electrons. The molecule has 12 heteroatoms. The Labute approximate surface area is 195 Å². The first-order chi connectivity index (χ1) is 15.5. The van der Waals surface area contributed by atoms with E-state index in [0.717, 1.165) is 9.47 Å². The number of hydrogen-bond donors (Lipinski definition) is 1. The highest BCUT2D eigenvalue weighted by Gasteiger charge is 2.25. The number of anilines is 1. The van der Waals surface area contributed by atoms with Crippen molar-refractivity contribution in [1.82, 2.24) is 20.4 Å². The molecular weight excluding hydrogens is 454 g/mol. The fraction of sp³-hybridized carbons (Fsp3) is 0.500. The first kappa shape index (κ1) is 24.1. The number of carbonyl (C=O) groups excluding carboxylic acids is 2. The van der Waals surface area contributed by atoms with E-state index in [-0.39, 0.29) is 17.6 Å². The predicted molar refractivity (Wildman–Crippen MR) is 123 cm³/mol. The van der Waals surface area contributed by atoms with E-state index >= 15 is 0 Å². The van der Waals surface area contributed by atoms with Gasteiger partial charge < -0.3 is 29.3 Å². The number of thioether (sulfide) groups is 1. The van der Waals surface area contributed by atoms with Crippen molar-refractivity contribution in [2.45, 2.75) is 4.34 Å². The first-order valence-electron chi connectivity index (χ1n) is 10.0. The number of hydrogen-bond acceptors (Lipinski definition) is 10. The Hall–Kier alpha value is -2.57. The number of nitrogens with one attached hydrogen (secondary N) is 1. The molecule has 174 valence electrons. The molecule has 1 saturated heterocycles. The summed E-state index contributed by atoms with van der Waals surface area (Å²) in [7, 11) is 4.71. The van der Waals surface area contributed by atoms with E-state index in [0.29, 0.717) is 56.4 Å². The van der Waals surface area contributed by atoms with Gasteiger partial charge >= 0.3 is 0 Å². The average molecular weight is 482 g/mol. The molecular formula is C20H27N5O5S2. The maximum Gasteiger partial charge on any atom is 0.254 e. The summed E-state index contributed by atoms with van der Waals surface area (Å²) in [4.78, 5) is 28.7. The fourth-order valence-corrected chi connectivity index (χ4v) is 4.80. The molecule has 10 nitrogen and oxygen atoms in total. The number of methoxy groups -OCH3 is 3. The highest BCUT2D eigenvalue weighted by molar-refractivity contribution is 8.01. The van der Waals surface area contributed by atoms with Crippen LogP contribution < -0.4 is 19.7 Å². The van der Waals surface area contributed by atoms with Gasteiger partial charge in [0, 0.05) is 51.5 Å². The average Bonchev–Trinajstić information content (AvgIpc) is 3.31. The number of nitrogens with zero attached hydrogens (tertiary/aromatic N) is 4. The molecule has 2 heterocycles. The van der Waals surface area contributed by atoms with E-state index in [2.05, 4.69) is 20.4 Å². The summed E-state index contributed by atoms with van der Waals surface area (Å²) in [6.07, 6.45) is 0. The second-order valence-electron chi connectivity index (χ2n) is 6.86. The zero-order valence-electron chi connectivity index (χ0n) is 18.3. The number of benzene rings is 1. The topological polar surface area (TPSA) is 106 Å². The second-order valence-corrected chi connectivity index (χ2v) is 9.04. The number of rotatable bonds is 10. The molecule has 32 heavy (non-hydrogen) atoms. The van der Waals surface area contributed by atoms with Crippen molar-refractivity contribution in [3.05, 3.63) is 23.8 Å². The van der Waals surface area contributed by atoms with Crippen LogP contribution in [0.1, 0.15) is 10.4 Å². The minimum atomic E-state index is -0.0647. The van der Waals surface area contributed by atoms with Crippen LogP contribution in [-0.4, -0.2) is 93.3 Å². The van der Waals surface area contributed by atoms with Crippen LogP contribution >= 0.6 is 23.1 Å². The largest absolute Gasteiger partial charge is 0.497 e. The summed E-state index contributed by atoms with van der Waals surface area (Å²) in [6.45, 7) is 3.43. The van der Waals surface area contributed by atoms with Crippen molar-refractivity contribution in [2.24, 2.45) is 0 Å². The van der Waals surface area contributed by atoms with Crippen molar-refractivity contribution in [1.29, 1.82) is 0 Å². The van der Waals surface area contributed by atoms with Gasteiger partial charge in [0.2, 0.25) is 11.0 Å². The minimum absolute atomic E-state index is 0.0603. The number of piperazine rings is 1. The lowest BCUT2D eigenvalue weighted by Gasteiger charge is -2.34. The van der Waals surface area contributed by atoms with Crippen LogP contribution in [0, 0.1) is 0 Å². The van der Waals surface area contributed by atoms with E-state index in [9.17, 15) is 9.59 Å². The molecule has 1 aromatic carbocycles. The summed E-state index contributed by atoms with van der Waals surface area (Å²) in [5.41, 5.74) is 0.535. The maximum atomic E-state index is 12.9. The van der Waals surface area contributed by atoms with Gasteiger partial charge in [0.05, 0.1) is 26.6 Å². The Morgan fingerprint density at radius 2 is 1.75 bits per heavy atom. The standard InChI is InChI=1S/C20H27N5O5S2/c1-28-9-4-21-17(26)13-31-20-23-22-19(32-20)25-7-5-24(6-8-25)18(27)14-10-15(29-2)12-16(11-14)30-3/h10-12H,4-9,13H2,1-3H3,(H,21,26). The molecule has 1 aromatic heterocycles. The summed E-state index contributed by atoms with van der Waals surface area (Å²) >= 11 is 2.81. The lowest BCUT2D eigenvalue weighted by Crippen LogP contribution is -2.48. The van der Waals surface area contributed by atoms with Gasteiger partial charge in [-0.25, -0.2) is 0 Å². The minimum Gasteiger partial charge on any atom is -0.497 e. The van der Waals surface area contributed by atoms with Crippen molar-refractivity contribution in [2.75, 3.05) is 71.3 Å².